The topological polar surface area (TPSA) is 52.6 Å². The number of esters is 2. The second-order valence-electron chi connectivity index (χ2n) is 3.20. The summed E-state index contributed by atoms with van der Waals surface area (Å²) in [7, 11) is 5.26. The minimum Gasteiger partial charge on any atom is -0.463 e. The second-order valence-corrected chi connectivity index (χ2v) is 3.20. The molecule has 0 heterocycles. The predicted octanol–water partition coefficient (Wildman–Crippen LogP) is 1.01. The van der Waals surface area contributed by atoms with Gasteiger partial charge in [0.1, 0.15) is 6.61 Å². The van der Waals surface area contributed by atoms with E-state index in [1.54, 1.807) is 6.92 Å². The van der Waals surface area contributed by atoms with Gasteiger partial charge >= 0.3 is 11.9 Å². The summed E-state index contributed by atoms with van der Waals surface area (Å²) in [5, 5.41) is 0. The third-order valence-electron chi connectivity index (χ3n) is 1.55. The Morgan fingerprint density at radius 2 is 2.07 bits per heavy atom. The van der Waals surface area contributed by atoms with Crippen LogP contribution in [0.25, 0.3) is 0 Å². The normalized spacial score (nSPS) is 11.6. The molecule has 5 heteroatoms. The number of hydrogen-bond acceptors (Lipinski definition) is 4. The highest BCUT2D eigenvalue weighted by molar-refractivity contribution is 6.08. The molecule has 0 aromatic heterocycles. The van der Waals surface area contributed by atoms with E-state index < -0.39 is 11.9 Å². The SMILES string of the molecule is [B]CC(C)OC(=O)CCOC(=O)C(=C)C. The molecule has 0 fully saturated rings. The number of hydrogen-bond donors (Lipinski definition) is 0. The molecule has 0 aromatic carbocycles. The van der Waals surface area contributed by atoms with Gasteiger partial charge < -0.3 is 9.47 Å². The van der Waals surface area contributed by atoms with Gasteiger partial charge in [-0.25, -0.2) is 4.79 Å². The molecule has 0 aliphatic heterocycles. The predicted molar refractivity (Wildman–Crippen MR) is 56.5 cm³/mol. The van der Waals surface area contributed by atoms with Crippen LogP contribution in [0, 0.1) is 0 Å². The van der Waals surface area contributed by atoms with Crippen LogP contribution >= 0.6 is 0 Å². The van der Waals surface area contributed by atoms with Gasteiger partial charge in [0.15, 0.2) is 0 Å². The second kappa shape index (κ2) is 7.09. The molecule has 15 heavy (non-hydrogen) atoms. The average molecular weight is 210 g/mol. The van der Waals surface area contributed by atoms with Crippen molar-refractivity contribution < 1.29 is 19.1 Å². The van der Waals surface area contributed by atoms with Gasteiger partial charge in [0.25, 0.3) is 0 Å². The monoisotopic (exact) mass is 210 g/mol. The Balaban J connectivity index is 3.64. The summed E-state index contributed by atoms with van der Waals surface area (Å²) in [6.45, 7) is 6.64. The fourth-order valence-electron chi connectivity index (χ4n) is 0.682. The molecule has 1 atom stereocenters. The number of carbonyl (C=O) groups excluding carboxylic acids is 2. The molecule has 2 radical (unpaired) electrons. The van der Waals surface area contributed by atoms with Gasteiger partial charge in [0.2, 0.25) is 0 Å². The highest BCUT2D eigenvalue weighted by Crippen LogP contribution is 1.99. The van der Waals surface area contributed by atoms with Crippen LogP contribution in [0.4, 0.5) is 0 Å². The maximum Gasteiger partial charge on any atom is 0.333 e. The minimum absolute atomic E-state index is 0.00180. The molecular weight excluding hydrogens is 195 g/mol. The fraction of sp³-hybridized carbons (Fsp3) is 0.600. The van der Waals surface area contributed by atoms with E-state index in [9.17, 15) is 9.59 Å². The van der Waals surface area contributed by atoms with E-state index in [-0.39, 0.29) is 25.5 Å². The largest absolute Gasteiger partial charge is 0.463 e. The summed E-state index contributed by atoms with van der Waals surface area (Å²) < 4.78 is 9.58. The maximum atomic E-state index is 11.1. The molecule has 0 saturated carbocycles. The van der Waals surface area contributed by atoms with Gasteiger partial charge in [-0.15, -0.1) is 0 Å². The Morgan fingerprint density at radius 3 is 2.53 bits per heavy atom. The van der Waals surface area contributed by atoms with Gasteiger partial charge in [0.05, 0.1) is 20.4 Å². The molecule has 1 unspecified atom stereocenters. The molecule has 0 aliphatic carbocycles. The van der Waals surface area contributed by atoms with Crippen molar-refractivity contribution >= 4 is 19.8 Å². The molecule has 0 amide bonds. The van der Waals surface area contributed by atoms with Crippen molar-refractivity contribution in [3.8, 4) is 0 Å². The van der Waals surface area contributed by atoms with Gasteiger partial charge in [-0.3, -0.25) is 4.79 Å². The molecule has 4 nitrogen and oxygen atoms in total. The lowest BCUT2D eigenvalue weighted by Gasteiger charge is -2.10. The zero-order valence-electron chi connectivity index (χ0n) is 9.12. The van der Waals surface area contributed by atoms with Crippen molar-refractivity contribution in [1.29, 1.82) is 0 Å². The maximum absolute atomic E-state index is 11.1. The van der Waals surface area contributed by atoms with Gasteiger partial charge in [-0.1, -0.05) is 12.9 Å². The number of ether oxygens (including phenoxy) is 2. The molecule has 0 spiro atoms. The van der Waals surface area contributed by atoms with E-state index in [0.717, 1.165) is 0 Å². The lowest BCUT2D eigenvalue weighted by atomic mass is 10.0. The highest BCUT2D eigenvalue weighted by Gasteiger charge is 2.09. The van der Waals surface area contributed by atoms with E-state index >= 15 is 0 Å². The number of rotatable bonds is 6. The summed E-state index contributed by atoms with van der Waals surface area (Å²) in [5.41, 5.74) is 0.304. The molecule has 0 aromatic rings. The smallest absolute Gasteiger partial charge is 0.333 e. The summed E-state index contributed by atoms with van der Waals surface area (Å²) in [4.78, 5) is 22.0. The van der Waals surface area contributed by atoms with E-state index in [2.05, 4.69) is 6.58 Å². The van der Waals surface area contributed by atoms with Gasteiger partial charge in [-0.2, -0.15) is 0 Å². The van der Waals surface area contributed by atoms with Crippen molar-refractivity contribution in [2.75, 3.05) is 6.61 Å². The van der Waals surface area contributed by atoms with Crippen LogP contribution < -0.4 is 0 Å². The van der Waals surface area contributed by atoms with Crippen LogP contribution in [0.1, 0.15) is 20.3 Å². The molecular formula is C10H15BO4. The first kappa shape index (κ1) is 13.7. The Bertz CT molecular complexity index is 250. The van der Waals surface area contributed by atoms with Crippen LogP contribution in [-0.2, 0) is 19.1 Å². The third kappa shape index (κ3) is 6.77. The third-order valence-corrected chi connectivity index (χ3v) is 1.55. The summed E-state index contributed by atoms with van der Waals surface area (Å²) in [6.07, 6.45) is -0.00459. The number of carbonyl (C=O) groups is 2. The van der Waals surface area contributed by atoms with Crippen LogP contribution in [0.3, 0.4) is 0 Å². The zero-order valence-corrected chi connectivity index (χ0v) is 9.12. The van der Waals surface area contributed by atoms with E-state index in [0.29, 0.717) is 5.57 Å². The summed E-state index contributed by atoms with van der Waals surface area (Å²) >= 11 is 0. The van der Waals surface area contributed by atoms with Crippen LogP contribution in [-0.4, -0.2) is 32.5 Å². The van der Waals surface area contributed by atoms with E-state index in [1.807, 2.05) is 0 Å². The van der Waals surface area contributed by atoms with Gasteiger partial charge in [-0.05, 0) is 13.8 Å². The standard InChI is InChI=1S/C10H15BO4/c1-7(2)10(13)14-5-4-9(12)15-8(3)6-11/h8H,1,4-6H2,2-3H3. The van der Waals surface area contributed by atoms with Crippen LogP contribution in [0.2, 0.25) is 6.32 Å². The van der Waals surface area contributed by atoms with Crippen molar-refractivity contribution in [2.24, 2.45) is 0 Å². The Morgan fingerprint density at radius 1 is 1.47 bits per heavy atom. The summed E-state index contributed by atoms with van der Waals surface area (Å²) in [6, 6.07) is 0. The minimum atomic E-state index is -0.505. The molecule has 0 N–H and O–H groups in total. The first-order valence-corrected chi connectivity index (χ1v) is 4.69. The molecule has 0 aliphatic rings. The lowest BCUT2D eigenvalue weighted by Crippen LogP contribution is -2.17. The van der Waals surface area contributed by atoms with Crippen molar-refractivity contribution in [1.82, 2.24) is 0 Å². The van der Waals surface area contributed by atoms with Crippen LogP contribution in [0.5, 0.6) is 0 Å². The first-order chi connectivity index (χ1) is 6.97. The lowest BCUT2D eigenvalue weighted by molar-refractivity contribution is -0.150. The molecule has 0 saturated heterocycles. The molecule has 0 rings (SSSR count). The first-order valence-electron chi connectivity index (χ1n) is 4.69. The van der Waals surface area contributed by atoms with Crippen molar-refractivity contribution in [2.45, 2.75) is 32.7 Å². The average Bonchev–Trinajstić information content (AvgIpc) is 2.17. The summed E-state index contributed by atoms with van der Waals surface area (Å²) in [5.74, 6) is -0.933. The fourth-order valence-corrected chi connectivity index (χ4v) is 0.682. The molecule has 0 bridgehead atoms. The van der Waals surface area contributed by atoms with E-state index in [4.69, 9.17) is 17.3 Å². The highest BCUT2D eigenvalue weighted by atomic mass is 16.6. The Hall–Kier alpha value is -1.26. The molecule has 82 valence electrons. The Labute approximate surface area is 91.0 Å². The quantitative estimate of drug-likeness (QED) is 0.373. The van der Waals surface area contributed by atoms with Crippen molar-refractivity contribution in [3.05, 3.63) is 12.2 Å². The Kier molecular flexibility index (Phi) is 6.50. The zero-order chi connectivity index (χ0) is 11.8. The van der Waals surface area contributed by atoms with Crippen molar-refractivity contribution in [3.63, 3.8) is 0 Å². The van der Waals surface area contributed by atoms with E-state index in [1.165, 1.54) is 6.92 Å². The van der Waals surface area contributed by atoms with Crippen LogP contribution in [0.15, 0.2) is 12.2 Å². The van der Waals surface area contributed by atoms with Gasteiger partial charge in [0, 0.05) is 5.57 Å².